The molecule has 1 aromatic heterocycles. The molecule has 0 bridgehead atoms. The van der Waals surface area contributed by atoms with Crippen LogP contribution in [-0.2, 0) is 0 Å². The molecule has 0 radical (unpaired) electrons. The van der Waals surface area contributed by atoms with E-state index in [9.17, 15) is 8.78 Å². The van der Waals surface area contributed by atoms with E-state index in [1.165, 1.54) is 0 Å². The van der Waals surface area contributed by atoms with Crippen LogP contribution < -0.4 is 5.32 Å². The summed E-state index contributed by atoms with van der Waals surface area (Å²) < 4.78 is 24.5. The van der Waals surface area contributed by atoms with Crippen LogP contribution in [0.1, 0.15) is 5.56 Å². The highest BCUT2D eigenvalue weighted by Crippen LogP contribution is 2.16. The molecule has 0 saturated heterocycles. The van der Waals surface area contributed by atoms with Crippen LogP contribution in [0.25, 0.3) is 0 Å². The molecular formula is C8H9BrF2N2. The summed E-state index contributed by atoms with van der Waals surface area (Å²) in [4.78, 5) is 3.96. The summed E-state index contributed by atoms with van der Waals surface area (Å²) in [6, 6.07) is 1.82. The molecule has 0 amide bonds. The van der Waals surface area contributed by atoms with Crippen LogP contribution in [0.3, 0.4) is 0 Å². The van der Waals surface area contributed by atoms with E-state index in [1.807, 2.05) is 13.0 Å². The fourth-order valence-electron chi connectivity index (χ4n) is 0.899. The van der Waals surface area contributed by atoms with Gasteiger partial charge in [-0.15, -0.1) is 0 Å². The van der Waals surface area contributed by atoms with Crippen LogP contribution in [0.2, 0.25) is 0 Å². The molecule has 72 valence electrons. The summed E-state index contributed by atoms with van der Waals surface area (Å²) in [6.45, 7) is 1.45. The summed E-state index contributed by atoms with van der Waals surface area (Å²) in [5.74, 6) is 0.503. The number of rotatable bonds is 3. The molecule has 0 aliphatic rings. The number of hydrogen-bond donors (Lipinski definition) is 1. The van der Waals surface area contributed by atoms with Gasteiger partial charge < -0.3 is 5.32 Å². The van der Waals surface area contributed by atoms with Crippen molar-refractivity contribution in [3.05, 3.63) is 22.3 Å². The number of nitrogens with one attached hydrogen (secondary N) is 1. The zero-order chi connectivity index (χ0) is 9.84. The van der Waals surface area contributed by atoms with Crippen LogP contribution in [0.5, 0.6) is 0 Å². The topological polar surface area (TPSA) is 24.9 Å². The third kappa shape index (κ3) is 3.26. The second kappa shape index (κ2) is 4.50. The third-order valence-corrected chi connectivity index (χ3v) is 1.90. The minimum absolute atomic E-state index is 0.366. The maximum atomic E-state index is 11.8. The normalized spacial score (nSPS) is 10.5. The fraction of sp³-hybridized carbons (Fsp3) is 0.375. The first-order valence-corrected chi connectivity index (χ1v) is 4.53. The monoisotopic (exact) mass is 250 g/mol. The molecule has 0 spiro atoms. The van der Waals surface area contributed by atoms with Crippen molar-refractivity contribution >= 4 is 21.7 Å². The Morgan fingerprint density at radius 1 is 1.62 bits per heavy atom. The highest BCUT2D eigenvalue weighted by molar-refractivity contribution is 9.10. The second-order valence-corrected chi connectivity index (χ2v) is 3.51. The Hall–Kier alpha value is -0.710. The smallest absolute Gasteiger partial charge is 0.255 e. The van der Waals surface area contributed by atoms with Crippen molar-refractivity contribution in [1.29, 1.82) is 0 Å². The van der Waals surface area contributed by atoms with E-state index in [0.717, 1.165) is 10.0 Å². The number of halogens is 3. The lowest BCUT2D eigenvalue weighted by molar-refractivity contribution is 0.163. The SMILES string of the molecule is Cc1cc(Br)cnc1NCC(F)F. The molecule has 5 heteroatoms. The number of anilines is 1. The van der Waals surface area contributed by atoms with Crippen molar-refractivity contribution in [2.24, 2.45) is 0 Å². The van der Waals surface area contributed by atoms with Gasteiger partial charge in [-0.3, -0.25) is 0 Å². The van der Waals surface area contributed by atoms with Crippen LogP contribution in [0, 0.1) is 6.92 Å². The molecule has 2 nitrogen and oxygen atoms in total. The van der Waals surface area contributed by atoms with Gasteiger partial charge in [0.2, 0.25) is 0 Å². The highest BCUT2D eigenvalue weighted by atomic mass is 79.9. The minimum Gasteiger partial charge on any atom is -0.364 e. The molecule has 0 aliphatic heterocycles. The van der Waals surface area contributed by atoms with Crippen LogP contribution in [-0.4, -0.2) is 18.0 Å². The van der Waals surface area contributed by atoms with Gasteiger partial charge in [0, 0.05) is 10.7 Å². The highest BCUT2D eigenvalue weighted by Gasteiger charge is 2.04. The van der Waals surface area contributed by atoms with Crippen molar-refractivity contribution in [3.8, 4) is 0 Å². The largest absolute Gasteiger partial charge is 0.364 e. The third-order valence-electron chi connectivity index (χ3n) is 1.47. The van der Waals surface area contributed by atoms with Gasteiger partial charge in [0.25, 0.3) is 6.43 Å². The lowest BCUT2D eigenvalue weighted by Crippen LogP contribution is -2.12. The van der Waals surface area contributed by atoms with Gasteiger partial charge in [0.05, 0.1) is 6.54 Å². The molecule has 0 aliphatic carbocycles. The first-order chi connectivity index (χ1) is 6.09. The van der Waals surface area contributed by atoms with Gasteiger partial charge in [-0.1, -0.05) is 0 Å². The molecular weight excluding hydrogens is 242 g/mol. The van der Waals surface area contributed by atoms with E-state index in [4.69, 9.17) is 0 Å². The maximum absolute atomic E-state index is 11.8. The Kier molecular flexibility index (Phi) is 3.59. The zero-order valence-electron chi connectivity index (χ0n) is 7.02. The molecule has 1 aromatic rings. The molecule has 0 aromatic carbocycles. The number of aromatic nitrogens is 1. The van der Waals surface area contributed by atoms with E-state index < -0.39 is 6.43 Å². The summed E-state index contributed by atoms with van der Waals surface area (Å²) in [6.07, 6.45) is -0.786. The van der Waals surface area contributed by atoms with Crippen molar-refractivity contribution in [2.75, 3.05) is 11.9 Å². The lowest BCUT2D eigenvalue weighted by atomic mass is 10.3. The average molecular weight is 251 g/mol. The molecule has 0 saturated carbocycles. The van der Waals surface area contributed by atoms with Gasteiger partial charge in [0.15, 0.2) is 0 Å². The molecule has 13 heavy (non-hydrogen) atoms. The first-order valence-electron chi connectivity index (χ1n) is 3.74. The molecule has 1 heterocycles. The summed E-state index contributed by atoms with van der Waals surface area (Å²) in [5, 5.41) is 2.56. The standard InChI is InChI=1S/C8H9BrF2N2/c1-5-2-6(9)3-12-8(5)13-4-7(10)11/h2-3,7H,4H2,1H3,(H,12,13). The summed E-state index contributed by atoms with van der Waals surface area (Å²) in [7, 11) is 0. The Labute approximate surface area is 83.5 Å². The van der Waals surface area contributed by atoms with Gasteiger partial charge in [-0.05, 0) is 34.5 Å². The Bertz CT molecular complexity index is 291. The van der Waals surface area contributed by atoms with Crippen molar-refractivity contribution in [1.82, 2.24) is 4.98 Å². The average Bonchev–Trinajstić information content (AvgIpc) is 2.02. The van der Waals surface area contributed by atoms with Gasteiger partial charge in [0.1, 0.15) is 5.82 Å². The van der Waals surface area contributed by atoms with Crippen LogP contribution >= 0.6 is 15.9 Å². The van der Waals surface area contributed by atoms with Crippen molar-refractivity contribution in [3.63, 3.8) is 0 Å². The Morgan fingerprint density at radius 2 is 2.31 bits per heavy atom. The number of aryl methyl sites for hydroxylation is 1. The van der Waals surface area contributed by atoms with Crippen molar-refractivity contribution in [2.45, 2.75) is 13.3 Å². The number of alkyl halides is 2. The minimum atomic E-state index is -2.36. The number of nitrogens with zero attached hydrogens (tertiary/aromatic N) is 1. The van der Waals surface area contributed by atoms with Gasteiger partial charge in [-0.25, -0.2) is 13.8 Å². The zero-order valence-corrected chi connectivity index (χ0v) is 8.61. The van der Waals surface area contributed by atoms with E-state index in [1.54, 1.807) is 6.20 Å². The maximum Gasteiger partial charge on any atom is 0.255 e. The molecule has 1 N–H and O–H groups in total. The second-order valence-electron chi connectivity index (χ2n) is 2.59. The Morgan fingerprint density at radius 3 is 2.85 bits per heavy atom. The predicted molar refractivity (Wildman–Crippen MR) is 51.2 cm³/mol. The number of hydrogen-bond acceptors (Lipinski definition) is 2. The summed E-state index contributed by atoms with van der Waals surface area (Å²) >= 11 is 3.24. The van der Waals surface area contributed by atoms with E-state index in [-0.39, 0.29) is 6.54 Å². The van der Waals surface area contributed by atoms with E-state index >= 15 is 0 Å². The van der Waals surface area contributed by atoms with E-state index in [0.29, 0.717) is 5.82 Å². The van der Waals surface area contributed by atoms with Gasteiger partial charge >= 0.3 is 0 Å². The van der Waals surface area contributed by atoms with Crippen LogP contribution in [0.4, 0.5) is 14.6 Å². The fourth-order valence-corrected chi connectivity index (χ4v) is 1.35. The summed E-state index contributed by atoms with van der Waals surface area (Å²) in [5.41, 5.74) is 0.843. The first kappa shape index (κ1) is 10.4. The van der Waals surface area contributed by atoms with E-state index in [2.05, 4.69) is 26.2 Å². The lowest BCUT2D eigenvalue weighted by Gasteiger charge is -2.07. The van der Waals surface area contributed by atoms with Gasteiger partial charge in [-0.2, -0.15) is 0 Å². The quantitative estimate of drug-likeness (QED) is 0.893. The van der Waals surface area contributed by atoms with Crippen LogP contribution in [0.15, 0.2) is 16.7 Å². The molecule has 0 fully saturated rings. The Balaban J connectivity index is 2.67. The molecule has 1 rings (SSSR count). The molecule has 0 unspecified atom stereocenters. The number of pyridine rings is 1. The molecule has 0 atom stereocenters. The van der Waals surface area contributed by atoms with Crippen molar-refractivity contribution < 1.29 is 8.78 Å². The predicted octanol–water partition coefficient (Wildman–Crippen LogP) is 2.83.